The third-order valence-electron chi connectivity index (χ3n) is 7.10. The normalized spacial score (nSPS) is 29.0. The molecule has 0 N–H and O–H groups in total. The Morgan fingerprint density at radius 3 is 2.29 bits per heavy atom. The zero-order valence-corrected chi connectivity index (χ0v) is 16.8. The van der Waals surface area contributed by atoms with E-state index in [-0.39, 0.29) is 28.0 Å². The number of non-ortho nitro benzene ring substituents is 1. The van der Waals surface area contributed by atoms with Crippen LogP contribution in [0.4, 0.5) is 5.69 Å². The average molecular weight is 387 g/mol. The van der Waals surface area contributed by atoms with Gasteiger partial charge in [-0.3, -0.25) is 14.9 Å². The molecule has 150 valence electrons. The first kappa shape index (κ1) is 20.0. The summed E-state index contributed by atoms with van der Waals surface area (Å²) in [5.74, 6) is -0.604. The van der Waals surface area contributed by atoms with Gasteiger partial charge in [0.05, 0.1) is 21.6 Å². The van der Waals surface area contributed by atoms with Crippen molar-refractivity contribution in [1.29, 1.82) is 0 Å². The lowest BCUT2D eigenvalue weighted by Crippen LogP contribution is -2.46. The van der Waals surface area contributed by atoms with E-state index in [1.807, 2.05) is 0 Å². The van der Waals surface area contributed by atoms with Gasteiger partial charge in [-0.25, -0.2) is 4.79 Å². The van der Waals surface area contributed by atoms with Gasteiger partial charge in [-0.1, -0.05) is 25.9 Å². The van der Waals surface area contributed by atoms with Crippen LogP contribution in [0.25, 0.3) is 0 Å². The summed E-state index contributed by atoms with van der Waals surface area (Å²) in [4.78, 5) is 42.3. The van der Waals surface area contributed by atoms with Crippen molar-refractivity contribution in [2.45, 2.75) is 40.0 Å². The summed E-state index contributed by atoms with van der Waals surface area (Å²) >= 11 is 0. The van der Waals surface area contributed by atoms with Gasteiger partial charge in [0.2, 0.25) is 5.91 Å². The van der Waals surface area contributed by atoms with Crippen LogP contribution in [0.5, 0.6) is 0 Å². The van der Waals surface area contributed by atoms with E-state index < -0.39 is 16.3 Å². The van der Waals surface area contributed by atoms with Crippen molar-refractivity contribution in [2.24, 2.45) is 21.4 Å². The predicted molar refractivity (Wildman–Crippen MR) is 103 cm³/mol. The van der Waals surface area contributed by atoms with Crippen LogP contribution in [0, 0.1) is 26.4 Å². The Bertz CT molecular complexity index is 874. The maximum atomic E-state index is 13.0. The van der Waals surface area contributed by atoms with Gasteiger partial charge in [0, 0.05) is 38.1 Å². The minimum atomic E-state index is -0.681. The van der Waals surface area contributed by atoms with Gasteiger partial charge in [0.25, 0.3) is 5.69 Å². The molecule has 2 atom stereocenters. The van der Waals surface area contributed by atoms with Crippen molar-refractivity contribution in [1.82, 2.24) is 4.90 Å². The number of hydrogen-bond acceptors (Lipinski definition) is 6. The van der Waals surface area contributed by atoms with Crippen LogP contribution >= 0.6 is 0 Å². The van der Waals surface area contributed by atoms with Crippen molar-refractivity contribution in [3.8, 4) is 0 Å². The highest BCUT2D eigenvalue weighted by molar-refractivity contribution is 6.02. The van der Waals surface area contributed by atoms with Crippen LogP contribution in [-0.2, 0) is 9.63 Å². The number of carbonyl (C=O) groups excluding carboxylic acids is 2. The van der Waals surface area contributed by atoms with Crippen LogP contribution in [-0.4, -0.2) is 41.5 Å². The SMILES string of the molecule is CN(C)C(=O)C12CCC(C)(C(=NOC(=O)c3ccc([N+](=O)[O-])cc3)C1)C2(C)C. The highest BCUT2D eigenvalue weighted by atomic mass is 16.7. The van der Waals surface area contributed by atoms with E-state index in [1.165, 1.54) is 24.3 Å². The van der Waals surface area contributed by atoms with Crippen LogP contribution in [0.15, 0.2) is 29.4 Å². The lowest BCUT2D eigenvalue weighted by atomic mass is 9.64. The number of rotatable bonds is 4. The Kier molecular flexibility index (Phi) is 4.56. The van der Waals surface area contributed by atoms with Crippen LogP contribution < -0.4 is 0 Å². The molecule has 1 aromatic rings. The number of carbonyl (C=O) groups is 2. The molecule has 0 spiro atoms. The molecule has 0 aromatic heterocycles. The largest absolute Gasteiger partial charge is 0.365 e. The Labute approximate surface area is 163 Å². The lowest BCUT2D eigenvalue weighted by Gasteiger charge is -2.40. The van der Waals surface area contributed by atoms with Gasteiger partial charge in [0.1, 0.15) is 0 Å². The van der Waals surface area contributed by atoms with E-state index in [0.717, 1.165) is 12.8 Å². The highest BCUT2D eigenvalue weighted by Crippen LogP contribution is 2.71. The molecule has 8 nitrogen and oxygen atoms in total. The molecule has 0 saturated heterocycles. The number of fused-ring (bicyclic) bond motifs is 2. The topological polar surface area (TPSA) is 102 Å². The van der Waals surface area contributed by atoms with E-state index >= 15 is 0 Å². The lowest BCUT2D eigenvalue weighted by molar-refractivity contribution is -0.384. The van der Waals surface area contributed by atoms with E-state index in [1.54, 1.807) is 19.0 Å². The number of nitrogens with zero attached hydrogens (tertiary/aromatic N) is 3. The summed E-state index contributed by atoms with van der Waals surface area (Å²) in [6.07, 6.45) is 2.04. The maximum Gasteiger partial charge on any atom is 0.365 e. The first-order chi connectivity index (χ1) is 13.0. The fraction of sp³-hybridized carbons (Fsp3) is 0.550. The zero-order valence-electron chi connectivity index (χ0n) is 16.8. The van der Waals surface area contributed by atoms with Gasteiger partial charge in [-0.2, -0.15) is 0 Å². The van der Waals surface area contributed by atoms with Crippen molar-refractivity contribution >= 4 is 23.3 Å². The molecule has 2 fully saturated rings. The smallest absolute Gasteiger partial charge is 0.348 e. The molecule has 2 bridgehead atoms. The van der Waals surface area contributed by atoms with E-state index in [9.17, 15) is 19.7 Å². The number of nitro groups is 1. The van der Waals surface area contributed by atoms with E-state index in [2.05, 4.69) is 25.9 Å². The monoisotopic (exact) mass is 387 g/mol. The summed E-state index contributed by atoms with van der Waals surface area (Å²) in [6, 6.07) is 5.17. The average Bonchev–Trinajstić information content (AvgIpc) is 2.95. The van der Waals surface area contributed by atoms with E-state index in [4.69, 9.17) is 4.84 Å². The minimum absolute atomic E-state index is 0.0770. The third-order valence-corrected chi connectivity index (χ3v) is 7.10. The Hall–Kier alpha value is -2.77. The highest BCUT2D eigenvalue weighted by Gasteiger charge is 2.72. The number of benzene rings is 1. The van der Waals surface area contributed by atoms with Gasteiger partial charge in [0.15, 0.2) is 0 Å². The molecule has 2 aliphatic carbocycles. The molecule has 1 aromatic carbocycles. The second-order valence-corrected chi connectivity index (χ2v) is 8.64. The van der Waals surface area contributed by atoms with Crippen LogP contribution in [0.1, 0.15) is 50.4 Å². The molecular formula is C20H25N3O5. The fourth-order valence-corrected chi connectivity index (χ4v) is 4.79. The molecule has 0 heterocycles. The fourth-order valence-electron chi connectivity index (χ4n) is 4.79. The Morgan fingerprint density at radius 1 is 1.14 bits per heavy atom. The second-order valence-electron chi connectivity index (χ2n) is 8.64. The molecule has 2 unspecified atom stereocenters. The standard InChI is InChI=1S/C20H25N3O5/c1-18(2)19(3)10-11-20(18,17(25)22(4)5)12-15(19)21-28-16(24)13-6-8-14(9-7-13)23(26)27/h6-9H,10-12H2,1-5H3. The molecule has 1 amide bonds. The van der Waals surface area contributed by atoms with E-state index in [0.29, 0.717) is 12.1 Å². The minimum Gasteiger partial charge on any atom is -0.348 e. The quantitative estimate of drug-likeness (QED) is 0.447. The first-order valence-corrected chi connectivity index (χ1v) is 9.21. The summed E-state index contributed by atoms with van der Waals surface area (Å²) in [7, 11) is 3.51. The first-order valence-electron chi connectivity index (χ1n) is 9.21. The van der Waals surface area contributed by atoms with Gasteiger partial charge >= 0.3 is 5.97 Å². The van der Waals surface area contributed by atoms with Gasteiger partial charge in [-0.15, -0.1) is 0 Å². The summed E-state index contributed by atoms with van der Waals surface area (Å²) in [5.41, 5.74) is -0.414. The van der Waals surface area contributed by atoms with Crippen molar-refractivity contribution in [3.63, 3.8) is 0 Å². The van der Waals surface area contributed by atoms with Crippen molar-refractivity contribution < 1.29 is 19.3 Å². The number of hydrogen-bond donors (Lipinski definition) is 0. The number of oxime groups is 1. The molecule has 28 heavy (non-hydrogen) atoms. The van der Waals surface area contributed by atoms with Crippen molar-refractivity contribution in [2.75, 3.05) is 14.1 Å². The summed E-state index contributed by atoms with van der Waals surface area (Å²) < 4.78 is 0. The number of nitro benzene ring substituents is 1. The number of amides is 1. The molecule has 8 heteroatoms. The van der Waals surface area contributed by atoms with Crippen LogP contribution in [0.3, 0.4) is 0 Å². The molecule has 2 saturated carbocycles. The third kappa shape index (κ3) is 2.62. The van der Waals surface area contributed by atoms with Gasteiger partial charge < -0.3 is 9.74 Å². The molecular weight excluding hydrogens is 362 g/mol. The second kappa shape index (κ2) is 6.39. The summed E-state index contributed by atoms with van der Waals surface area (Å²) in [5, 5.41) is 14.9. The molecule has 2 aliphatic rings. The molecule has 0 aliphatic heterocycles. The molecule has 3 rings (SSSR count). The summed E-state index contributed by atoms with van der Waals surface area (Å²) in [6.45, 7) is 6.24. The Balaban J connectivity index is 1.84. The van der Waals surface area contributed by atoms with Crippen LogP contribution in [0.2, 0.25) is 0 Å². The van der Waals surface area contributed by atoms with Crippen molar-refractivity contribution in [3.05, 3.63) is 39.9 Å². The van der Waals surface area contributed by atoms with Gasteiger partial charge in [-0.05, 0) is 30.4 Å². The molecule has 0 radical (unpaired) electrons. The predicted octanol–water partition coefficient (Wildman–Crippen LogP) is 3.41. The maximum absolute atomic E-state index is 13.0. The Morgan fingerprint density at radius 2 is 1.75 bits per heavy atom. The zero-order chi connectivity index (χ0) is 20.9.